The first-order valence-electron chi connectivity index (χ1n) is 10.2. The number of rotatable bonds is 5. The van der Waals surface area contributed by atoms with Crippen LogP contribution in [0.2, 0.25) is 10.0 Å². The molecule has 1 saturated heterocycles. The van der Waals surface area contributed by atoms with E-state index in [1.54, 1.807) is 6.92 Å². The predicted molar refractivity (Wildman–Crippen MR) is 112 cm³/mol. The van der Waals surface area contributed by atoms with Gasteiger partial charge in [-0.1, -0.05) is 23.2 Å². The van der Waals surface area contributed by atoms with Crippen molar-refractivity contribution in [1.29, 1.82) is 0 Å². The predicted octanol–water partition coefficient (Wildman–Crippen LogP) is 2.38. The summed E-state index contributed by atoms with van der Waals surface area (Å²) in [6, 6.07) is 3.74. The second-order valence-corrected chi connectivity index (χ2v) is 11.6. The Morgan fingerprint density at radius 2 is 1.83 bits per heavy atom. The minimum atomic E-state index is -4.01. The molecular formula is C20H26Cl2N2O5S. The molecule has 1 heterocycles. The van der Waals surface area contributed by atoms with Gasteiger partial charge in [-0.2, -0.15) is 4.31 Å². The number of nitrogens with zero attached hydrogens (tertiary/aromatic N) is 1. The Morgan fingerprint density at radius 3 is 2.47 bits per heavy atom. The molecule has 3 N–H and O–H groups in total. The summed E-state index contributed by atoms with van der Waals surface area (Å²) in [6.45, 7) is 1.83. The van der Waals surface area contributed by atoms with Crippen LogP contribution in [-0.2, 0) is 14.8 Å². The van der Waals surface area contributed by atoms with Crippen molar-refractivity contribution in [2.75, 3.05) is 6.54 Å². The third-order valence-corrected chi connectivity index (χ3v) is 9.54. The number of hydrogen-bond donors (Lipinski definition) is 3. The molecule has 0 spiro atoms. The van der Waals surface area contributed by atoms with E-state index in [1.807, 2.05) is 0 Å². The van der Waals surface area contributed by atoms with Crippen molar-refractivity contribution in [1.82, 2.24) is 9.62 Å². The van der Waals surface area contributed by atoms with E-state index in [4.69, 9.17) is 23.2 Å². The number of nitrogens with one attached hydrogen (secondary N) is 1. The summed E-state index contributed by atoms with van der Waals surface area (Å²) in [5.41, 5.74) is -1.28. The minimum absolute atomic E-state index is 0.0514. The van der Waals surface area contributed by atoms with E-state index in [0.717, 1.165) is 19.3 Å². The zero-order valence-corrected chi connectivity index (χ0v) is 18.9. The number of carbonyl (C=O) groups is 1. The second-order valence-electron chi connectivity index (χ2n) is 8.88. The van der Waals surface area contributed by atoms with Crippen molar-refractivity contribution < 1.29 is 23.4 Å². The van der Waals surface area contributed by atoms with Crippen LogP contribution in [0.3, 0.4) is 0 Å². The number of halogens is 2. The molecule has 0 radical (unpaired) electrons. The molecule has 3 aliphatic rings. The smallest absolute Gasteiger partial charge is 0.244 e. The second kappa shape index (κ2) is 7.90. The van der Waals surface area contributed by atoms with E-state index >= 15 is 0 Å². The normalized spacial score (nSPS) is 34.1. The van der Waals surface area contributed by atoms with E-state index in [1.165, 1.54) is 22.5 Å². The third kappa shape index (κ3) is 3.65. The number of carbonyl (C=O) groups excluding carboxylic acids is 1. The third-order valence-electron chi connectivity index (χ3n) is 7.11. The van der Waals surface area contributed by atoms with Crippen LogP contribution in [0.5, 0.6) is 0 Å². The van der Waals surface area contributed by atoms with Crippen molar-refractivity contribution >= 4 is 39.1 Å². The van der Waals surface area contributed by atoms with Crippen LogP contribution in [0.25, 0.3) is 0 Å². The first kappa shape index (κ1) is 22.3. The van der Waals surface area contributed by atoms with Crippen LogP contribution in [0.15, 0.2) is 23.1 Å². The van der Waals surface area contributed by atoms with Gasteiger partial charge in [0.05, 0.1) is 4.90 Å². The number of aliphatic hydroxyl groups excluding tert-OH is 1. The van der Waals surface area contributed by atoms with Crippen molar-refractivity contribution in [3.8, 4) is 0 Å². The average Bonchev–Trinajstić information content (AvgIpc) is 3.35. The highest BCUT2D eigenvalue weighted by atomic mass is 35.5. The Labute approximate surface area is 186 Å². The fraction of sp³-hybridized carbons (Fsp3) is 0.650. The lowest BCUT2D eigenvalue weighted by atomic mass is 9.83. The maximum atomic E-state index is 13.4. The summed E-state index contributed by atoms with van der Waals surface area (Å²) in [5, 5.41) is 23.1. The molecule has 4 rings (SSSR count). The van der Waals surface area contributed by atoms with Gasteiger partial charge in [-0.15, -0.1) is 0 Å². The van der Waals surface area contributed by atoms with Gasteiger partial charge >= 0.3 is 0 Å². The van der Waals surface area contributed by atoms with Gasteiger partial charge < -0.3 is 15.5 Å². The van der Waals surface area contributed by atoms with Crippen LogP contribution < -0.4 is 5.32 Å². The Kier molecular flexibility index (Phi) is 5.87. The Hall–Kier alpha value is -0.900. The summed E-state index contributed by atoms with van der Waals surface area (Å²) in [7, 11) is -4.01. The molecule has 1 aromatic rings. The number of fused-ring (bicyclic) bond motifs is 2. The molecule has 1 aliphatic heterocycles. The molecule has 2 aliphatic carbocycles. The van der Waals surface area contributed by atoms with Crippen molar-refractivity contribution in [2.24, 2.45) is 17.8 Å². The zero-order chi connectivity index (χ0) is 21.8. The lowest BCUT2D eigenvalue weighted by Gasteiger charge is -2.38. The molecule has 7 nitrogen and oxygen atoms in total. The van der Waals surface area contributed by atoms with E-state index in [2.05, 4.69) is 5.32 Å². The van der Waals surface area contributed by atoms with Gasteiger partial charge in [0.1, 0.15) is 5.54 Å². The topological polar surface area (TPSA) is 107 Å². The number of benzene rings is 1. The highest BCUT2D eigenvalue weighted by molar-refractivity contribution is 7.89. The highest BCUT2D eigenvalue weighted by Gasteiger charge is 2.54. The van der Waals surface area contributed by atoms with Crippen LogP contribution in [0, 0.1) is 17.8 Å². The van der Waals surface area contributed by atoms with Crippen LogP contribution >= 0.6 is 23.2 Å². The lowest BCUT2D eigenvalue weighted by molar-refractivity contribution is -0.134. The van der Waals surface area contributed by atoms with Gasteiger partial charge in [-0.3, -0.25) is 4.79 Å². The summed E-state index contributed by atoms with van der Waals surface area (Å²) in [6.07, 6.45) is 2.12. The summed E-state index contributed by atoms with van der Waals surface area (Å²) in [4.78, 5) is 13.3. The molecule has 166 valence electrons. The van der Waals surface area contributed by atoms with Crippen molar-refractivity contribution in [3.05, 3.63) is 28.2 Å². The standard InChI is InChI=1S/C20H26Cl2N2O5S/c1-20(19(27)23-17-12-4-3-11(7-12)16(17)18(25)26)5-2-6-24(20)30(28,29)15-9-13(21)8-14(22)10-15/h8-12,16-18,25-26H,2-7H2,1H3,(H,23,27)/t11?,12?,16?,17?,20-/m0/s1. The van der Waals surface area contributed by atoms with E-state index in [-0.39, 0.29) is 39.4 Å². The quantitative estimate of drug-likeness (QED) is 0.565. The average molecular weight is 477 g/mol. The number of amides is 1. The van der Waals surface area contributed by atoms with Crippen molar-refractivity contribution in [2.45, 2.75) is 61.8 Å². The Bertz CT molecular complexity index is 936. The van der Waals surface area contributed by atoms with Gasteiger partial charge in [0.25, 0.3) is 0 Å². The minimum Gasteiger partial charge on any atom is -0.368 e. The molecule has 3 fully saturated rings. The first-order valence-corrected chi connectivity index (χ1v) is 12.4. The highest BCUT2D eigenvalue weighted by Crippen LogP contribution is 2.50. The van der Waals surface area contributed by atoms with Crippen LogP contribution in [0.1, 0.15) is 39.0 Å². The van der Waals surface area contributed by atoms with Gasteiger partial charge in [0.2, 0.25) is 15.9 Å². The molecular weight excluding hydrogens is 451 g/mol. The van der Waals surface area contributed by atoms with Gasteiger partial charge in [0.15, 0.2) is 6.29 Å². The molecule has 1 amide bonds. The molecule has 1 aromatic carbocycles. The molecule has 2 saturated carbocycles. The Morgan fingerprint density at radius 1 is 1.20 bits per heavy atom. The van der Waals surface area contributed by atoms with E-state index in [9.17, 15) is 23.4 Å². The Balaban J connectivity index is 1.60. The van der Waals surface area contributed by atoms with Crippen molar-refractivity contribution in [3.63, 3.8) is 0 Å². The largest absolute Gasteiger partial charge is 0.368 e. The molecule has 30 heavy (non-hydrogen) atoms. The summed E-state index contributed by atoms with van der Waals surface area (Å²) < 4.78 is 27.9. The number of hydrogen-bond acceptors (Lipinski definition) is 5. The fourth-order valence-electron chi connectivity index (χ4n) is 5.64. The fourth-order valence-corrected chi connectivity index (χ4v) is 8.18. The SMILES string of the molecule is C[C@@]1(C(=O)NC2C3CCC(C3)C2C(O)O)CCCN1S(=O)(=O)c1cc(Cl)cc(Cl)c1. The van der Waals surface area contributed by atoms with E-state index < -0.39 is 33.7 Å². The maximum Gasteiger partial charge on any atom is 0.244 e. The number of aliphatic hydroxyl groups is 2. The summed E-state index contributed by atoms with van der Waals surface area (Å²) >= 11 is 12.0. The van der Waals surface area contributed by atoms with Crippen LogP contribution in [-0.4, -0.2) is 53.3 Å². The van der Waals surface area contributed by atoms with Crippen LogP contribution in [0.4, 0.5) is 0 Å². The van der Waals surface area contributed by atoms with Gasteiger partial charge in [0, 0.05) is 28.5 Å². The zero-order valence-electron chi connectivity index (χ0n) is 16.6. The molecule has 4 unspecified atom stereocenters. The molecule has 0 aromatic heterocycles. The lowest BCUT2D eigenvalue weighted by Crippen LogP contribution is -2.59. The van der Waals surface area contributed by atoms with Gasteiger partial charge in [-0.05, 0) is 69.1 Å². The first-order chi connectivity index (χ1) is 14.0. The van der Waals surface area contributed by atoms with E-state index in [0.29, 0.717) is 12.8 Å². The molecule has 2 bridgehead atoms. The van der Waals surface area contributed by atoms with Gasteiger partial charge in [-0.25, -0.2) is 8.42 Å². The molecule has 10 heteroatoms. The molecule has 5 atom stereocenters. The number of sulfonamides is 1. The summed E-state index contributed by atoms with van der Waals surface area (Å²) in [5.74, 6) is -0.466. The maximum absolute atomic E-state index is 13.4. The monoisotopic (exact) mass is 476 g/mol.